The van der Waals surface area contributed by atoms with Gasteiger partial charge in [-0.15, -0.1) is 0 Å². The van der Waals surface area contributed by atoms with Gasteiger partial charge in [0.05, 0.1) is 19.7 Å². The molecule has 2 aromatic carbocycles. The zero-order chi connectivity index (χ0) is 18.1. The second-order valence-corrected chi connectivity index (χ2v) is 5.44. The average Bonchev–Trinajstić information content (AvgIpc) is 2.65. The molecule has 1 atom stereocenters. The molecule has 25 heavy (non-hydrogen) atoms. The molecule has 0 aromatic heterocycles. The van der Waals surface area contributed by atoms with Crippen LogP contribution in [0.15, 0.2) is 54.6 Å². The summed E-state index contributed by atoms with van der Waals surface area (Å²) in [4.78, 5) is 23.7. The van der Waals surface area contributed by atoms with E-state index in [-0.39, 0.29) is 31.0 Å². The van der Waals surface area contributed by atoms with Crippen molar-refractivity contribution < 1.29 is 19.1 Å². The van der Waals surface area contributed by atoms with Crippen LogP contribution in [0.3, 0.4) is 0 Å². The van der Waals surface area contributed by atoms with Crippen molar-refractivity contribution in [1.82, 2.24) is 10.6 Å². The van der Waals surface area contributed by atoms with E-state index < -0.39 is 0 Å². The van der Waals surface area contributed by atoms with Gasteiger partial charge in [0.15, 0.2) is 6.61 Å². The second kappa shape index (κ2) is 9.32. The summed E-state index contributed by atoms with van der Waals surface area (Å²) in [6.07, 6.45) is 0. The van der Waals surface area contributed by atoms with Crippen LogP contribution in [-0.4, -0.2) is 32.1 Å². The van der Waals surface area contributed by atoms with Crippen molar-refractivity contribution in [2.24, 2.45) is 0 Å². The summed E-state index contributed by atoms with van der Waals surface area (Å²) < 4.78 is 10.4. The molecule has 2 rings (SSSR count). The number of rotatable bonds is 8. The molecule has 132 valence electrons. The fraction of sp³-hybridized carbons (Fsp3) is 0.263. The molecule has 0 radical (unpaired) electrons. The van der Waals surface area contributed by atoms with E-state index in [2.05, 4.69) is 10.6 Å². The fourth-order valence-corrected chi connectivity index (χ4v) is 2.17. The lowest BCUT2D eigenvalue weighted by Gasteiger charge is -2.14. The summed E-state index contributed by atoms with van der Waals surface area (Å²) in [5.74, 6) is 0.645. The number of benzene rings is 2. The lowest BCUT2D eigenvalue weighted by atomic mass is 10.1. The molecule has 0 saturated heterocycles. The Hall–Kier alpha value is -3.02. The highest BCUT2D eigenvalue weighted by Crippen LogP contribution is 2.16. The van der Waals surface area contributed by atoms with Crippen molar-refractivity contribution in [1.29, 1.82) is 0 Å². The van der Waals surface area contributed by atoms with E-state index in [9.17, 15) is 9.59 Å². The zero-order valence-electron chi connectivity index (χ0n) is 14.3. The Morgan fingerprint density at radius 2 is 1.60 bits per heavy atom. The largest absolute Gasteiger partial charge is 0.497 e. The predicted molar refractivity (Wildman–Crippen MR) is 94.5 cm³/mol. The highest BCUT2D eigenvalue weighted by Gasteiger charge is 2.10. The number of hydrogen-bond acceptors (Lipinski definition) is 4. The minimum Gasteiger partial charge on any atom is -0.497 e. The van der Waals surface area contributed by atoms with Crippen LogP contribution in [0.25, 0.3) is 0 Å². The predicted octanol–water partition coefficient (Wildman–Crippen LogP) is 2.07. The number of hydrogen-bond donors (Lipinski definition) is 2. The lowest BCUT2D eigenvalue weighted by Crippen LogP contribution is -2.39. The average molecular weight is 342 g/mol. The summed E-state index contributed by atoms with van der Waals surface area (Å²) in [5.41, 5.74) is 1.00. The van der Waals surface area contributed by atoms with Gasteiger partial charge in [0, 0.05) is 0 Å². The Morgan fingerprint density at radius 3 is 2.24 bits per heavy atom. The van der Waals surface area contributed by atoms with Crippen molar-refractivity contribution in [3.05, 3.63) is 60.2 Å². The number of methoxy groups -OCH3 is 1. The maximum Gasteiger partial charge on any atom is 0.258 e. The normalized spacial score (nSPS) is 11.3. The number of carbonyl (C=O) groups excluding carboxylic acids is 2. The molecule has 0 spiro atoms. The lowest BCUT2D eigenvalue weighted by molar-refractivity contribution is -0.127. The third kappa shape index (κ3) is 6.18. The molecule has 6 heteroatoms. The van der Waals surface area contributed by atoms with E-state index in [1.807, 2.05) is 37.3 Å². The maximum absolute atomic E-state index is 11.9. The van der Waals surface area contributed by atoms with Crippen LogP contribution in [0.1, 0.15) is 18.5 Å². The quantitative estimate of drug-likeness (QED) is 0.770. The van der Waals surface area contributed by atoms with Crippen LogP contribution in [0.4, 0.5) is 0 Å². The zero-order valence-corrected chi connectivity index (χ0v) is 14.3. The van der Waals surface area contributed by atoms with Gasteiger partial charge < -0.3 is 20.1 Å². The van der Waals surface area contributed by atoms with Crippen molar-refractivity contribution in [2.45, 2.75) is 13.0 Å². The molecule has 0 heterocycles. The van der Waals surface area contributed by atoms with Gasteiger partial charge in [-0.2, -0.15) is 0 Å². The summed E-state index contributed by atoms with van der Waals surface area (Å²) in [6, 6.07) is 16.4. The minimum absolute atomic E-state index is 0.0953. The molecule has 0 aliphatic rings. The highest BCUT2D eigenvalue weighted by atomic mass is 16.5. The van der Waals surface area contributed by atoms with Crippen molar-refractivity contribution >= 4 is 11.8 Å². The molecule has 0 aliphatic heterocycles. The maximum atomic E-state index is 11.9. The van der Waals surface area contributed by atoms with Crippen molar-refractivity contribution in [3.63, 3.8) is 0 Å². The van der Waals surface area contributed by atoms with Gasteiger partial charge in [-0.05, 0) is 36.8 Å². The molecule has 2 N–H and O–H groups in total. The highest BCUT2D eigenvalue weighted by molar-refractivity contribution is 5.85. The van der Waals surface area contributed by atoms with Crippen LogP contribution in [-0.2, 0) is 9.59 Å². The van der Waals surface area contributed by atoms with Gasteiger partial charge in [-0.3, -0.25) is 9.59 Å². The van der Waals surface area contributed by atoms with Gasteiger partial charge in [0.2, 0.25) is 5.91 Å². The minimum atomic E-state index is -0.363. The Bertz CT molecular complexity index is 686. The van der Waals surface area contributed by atoms with Gasteiger partial charge in [0.25, 0.3) is 5.91 Å². The molecule has 0 fully saturated rings. The first-order valence-corrected chi connectivity index (χ1v) is 7.96. The first-order chi connectivity index (χ1) is 12.1. The number of carbonyl (C=O) groups is 2. The fourth-order valence-electron chi connectivity index (χ4n) is 2.17. The van der Waals surface area contributed by atoms with Crippen LogP contribution in [0, 0.1) is 0 Å². The standard InChI is InChI=1S/C19H22N2O4/c1-14(15-6-4-3-5-7-15)21-18(22)12-20-19(23)13-25-17-10-8-16(24-2)9-11-17/h3-11,14H,12-13H2,1-2H3,(H,20,23)(H,21,22). The molecular weight excluding hydrogens is 320 g/mol. The SMILES string of the molecule is COc1ccc(OCC(=O)NCC(=O)NC(C)c2ccccc2)cc1. The van der Waals surface area contributed by atoms with Gasteiger partial charge in [-0.25, -0.2) is 0 Å². The summed E-state index contributed by atoms with van der Waals surface area (Å²) in [5, 5.41) is 5.36. The first-order valence-electron chi connectivity index (χ1n) is 7.96. The summed E-state index contributed by atoms with van der Waals surface area (Å²) in [6.45, 7) is 1.64. The van der Waals surface area contributed by atoms with E-state index in [4.69, 9.17) is 9.47 Å². The number of ether oxygens (including phenoxy) is 2. The molecule has 0 bridgehead atoms. The monoisotopic (exact) mass is 342 g/mol. The molecule has 0 saturated carbocycles. The molecule has 6 nitrogen and oxygen atoms in total. The van der Waals surface area contributed by atoms with E-state index in [0.29, 0.717) is 11.5 Å². The van der Waals surface area contributed by atoms with E-state index in [1.54, 1.807) is 31.4 Å². The first kappa shape index (κ1) is 18.3. The van der Waals surface area contributed by atoms with Crippen molar-refractivity contribution in [2.75, 3.05) is 20.3 Å². The molecular formula is C19H22N2O4. The molecule has 1 unspecified atom stereocenters. The van der Waals surface area contributed by atoms with Crippen LogP contribution in [0.5, 0.6) is 11.5 Å². The van der Waals surface area contributed by atoms with Gasteiger partial charge in [0.1, 0.15) is 11.5 Å². The Balaban J connectivity index is 1.69. The van der Waals surface area contributed by atoms with E-state index >= 15 is 0 Å². The van der Waals surface area contributed by atoms with Crippen molar-refractivity contribution in [3.8, 4) is 11.5 Å². The van der Waals surface area contributed by atoms with Crippen LogP contribution >= 0.6 is 0 Å². The van der Waals surface area contributed by atoms with Gasteiger partial charge >= 0.3 is 0 Å². The number of amides is 2. The Kier molecular flexibility index (Phi) is 6.83. The molecule has 2 aromatic rings. The molecule has 0 aliphatic carbocycles. The summed E-state index contributed by atoms with van der Waals surface area (Å²) in [7, 11) is 1.58. The van der Waals surface area contributed by atoms with E-state index in [1.165, 1.54) is 0 Å². The second-order valence-electron chi connectivity index (χ2n) is 5.44. The summed E-state index contributed by atoms with van der Waals surface area (Å²) >= 11 is 0. The molecule has 2 amide bonds. The third-order valence-corrected chi connectivity index (χ3v) is 3.55. The Labute approximate surface area is 147 Å². The Morgan fingerprint density at radius 1 is 0.960 bits per heavy atom. The third-order valence-electron chi connectivity index (χ3n) is 3.55. The smallest absolute Gasteiger partial charge is 0.258 e. The van der Waals surface area contributed by atoms with E-state index in [0.717, 1.165) is 5.56 Å². The topological polar surface area (TPSA) is 76.7 Å². The number of nitrogens with one attached hydrogen (secondary N) is 2. The van der Waals surface area contributed by atoms with Crippen LogP contribution < -0.4 is 20.1 Å². The van der Waals surface area contributed by atoms with Crippen LogP contribution in [0.2, 0.25) is 0 Å². The van der Waals surface area contributed by atoms with Gasteiger partial charge in [-0.1, -0.05) is 30.3 Å².